The lowest BCUT2D eigenvalue weighted by Crippen LogP contribution is -2.28. The number of anilines is 2. The normalized spacial score (nSPS) is 21.1. The maximum Gasteiger partial charge on any atom is 0.228 e. The first-order chi connectivity index (χ1) is 7.09. The number of halogens is 1. The number of pyridine rings is 1. The molecule has 0 saturated carbocycles. The Hall–Kier alpha value is -1.33. The highest BCUT2D eigenvalue weighted by atomic mass is 35.5. The Morgan fingerprint density at radius 1 is 1.60 bits per heavy atom. The van der Waals surface area contributed by atoms with Gasteiger partial charge in [0.1, 0.15) is 0 Å². The number of nitrogen functional groups attached to an aromatic ring is 1. The van der Waals surface area contributed by atoms with Gasteiger partial charge in [-0.3, -0.25) is 4.79 Å². The van der Waals surface area contributed by atoms with Gasteiger partial charge in [0.05, 0.1) is 11.4 Å². The van der Waals surface area contributed by atoms with Crippen LogP contribution in [0.3, 0.4) is 0 Å². The Labute approximate surface area is 92.0 Å². The second-order valence-corrected chi connectivity index (χ2v) is 3.86. The molecule has 1 unspecified atom stereocenters. The van der Waals surface area contributed by atoms with E-state index in [9.17, 15) is 4.79 Å². The van der Waals surface area contributed by atoms with E-state index in [1.54, 1.807) is 11.0 Å². The molecule has 1 aliphatic heterocycles. The highest BCUT2D eigenvalue weighted by molar-refractivity contribution is 6.32. The second kappa shape index (κ2) is 3.67. The van der Waals surface area contributed by atoms with Gasteiger partial charge in [-0.15, -0.1) is 0 Å². The SMILES string of the molecule is Nc1c(N2CC(N)CC2=O)ccnc1Cl. The topological polar surface area (TPSA) is 85.2 Å². The van der Waals surface area contributed by atoms with Crippen LogP contribution in [0.2, 0.25) is 5.15 Å². The summed E-state index contributed by atoms with van der Waals surface area (Å²) in [6.07, 6.45) is 1.87. The minimum absolute atomic E-state index is 0.0310. The minimum atomic E-state index is -0.135. The summed E-state index contributed by atoms with van der Waals surface area (Å²) in [6, 6.07) is 1.53. The summed E-state index contributed by atoms with van der Waals surface area (Å²) in [5.74, 6) is -0.0310. The zero-order valence-corrected chi connectivity index (χ0v) is 8.74. The van der Waals surface area contributed by atoms with E-state index in [1.807, 2.05) is 0 Å². The zero-order valence-electron chi connectivity index (χ0n) is 7.98. The molecule has 2 rings (SSSR count). The van der Waals surface area contributed by atoms with Crippen molar-refractivity contribution in [1.29, 1.82) is 0 Å². The molecule has 1 saturated heterocycles. The van der Waals surface area contributed by atoms with E-state index in [-0.39, 0.29) is 17.1 Å². The lowest BCUT2D eigenvalue weighted by Gasteiger charge is -2.18. The standard InChI is InChI=1S/C9H11ClN4O/c10-9-8(12)6(1-2-13-9)14-4-5(11)3-7(14)15/h1-2,5H,3-4,11-12H2. The predicted octanol–water partition coefficient (Wildman–Crippen LogP) is 0.381. The van der Waals surface area contributed by atoms with Crippen LogP contribution in [0.1, 0.15) is 6.42 Å². The van der Waals surface area contributed by atoms with Gasteiger partial charge >= 0.3 is 0 Å². The van der Waals surface area contributed by atoms with E-state index < -0.39 is 0 Å². The average Bonchev–Trinajstić information content (AvgIpc) is 2.50. The molecular formula is C9H11ClN4O. The highest BCUT2D eigenvalue weighted by Crippen LogP contribution is 2.30. The first-order valence-corrected chi connectivity index (χ1v) is 4.93. The van der Waals surface area contributed by atoms with E-state index in [4.69, 9.17) is 23.1 Å². The minimum Gasteiger partial charge on any atom is -0.395 e. The molecule has 1 aromatic heterocycles. The van der Waals surface area contributed by atoms with E-state index in [2.05, 4.69) is 4.98 Å². The Bertz CT molecular complexity index is 409. The maximum absolute atomic E-state index is 11.6. The molecule has 1 atom stereocenters. The quantitative estimate of drug-likeness (QED) is 0.678. The predicted molar refractivity (Wildman–Crippen MR) is 58.6 cm³/mol. The summed E-state index contributed by atoms with van der Waals surface area (Å²) in [4.78, 5) is 17.0. The molecule has 1 fully saturated rings. The van der Waals surface area contributed by atoms with Gasteiger partial charge in [-0.25, -0.2) is 4.98 Å². The van der Waals surface area contributed by atoms with Crippen molar-refractivity contribution in [3.63, 3.8) is 0 Å². The summed E-state index contributed by atoms with van der Waals surface area (Å²) < 4.78 is 0. The van der Waals surface area contributed by atoms with Crippen LogP contribution in [0.4, 0.5) is 11.4 Å². The zero-order chi connectivity index (χ0) is 11.0. The summed E-state index contributed by atoms with van der Waals surface area (Å²) in [7, 11) is 0. The molecule has 1 aromatic rings. The lowest BCUT2D eigenvalue weighted by molar-refractivity contribution is -0.117. The van der Waals surface area contributed by atoms with Gasteiger partial charge in [0.15, 0.2) is 5.15 Å². The number of nitrogens with zero attached hydrogens (tertiary/aromatic N) is 2. The van der Waals surface area contributed by atoms with Crippen LogP contribution >= 0.6 is 11.6 Å². The molecule has 1 amide bonds. The number of amides is 1. The van der Waals surface area contributed by atoms with Crippen LogP contribution in [0.15, 0.2) is 12.3 Å². The van der Waals surface area contributed by atoms with Crippen molar-refractivity contribution < 1.29 is 4.79 Å². The molecule has 5 nitrogen and oxygen atoms in total. The van der Waals surface area contributed by atoms with Gasteiger partial charge in [-0.05, 0) is 6.07 Å². The number of hydrogen-bond acceptors (Lipinski definition) is 4. The van der Waals surface area contributed by atoms with Crippen LogP contribution in [-0.4, -0.2) is 23.5 Å². The van der Waals surface area contributed by atoms with Crippen molar-refractivity contribution in [1.82, 2.24) is 4.98 Å². The van der Waals surface area contributed by atoms with Gasteiger partial charge in [0.25, 0.3) is 0 Å². The van der Waals surface area contributed by atoms with E-state index in [0.717, 1.165) is 0 Å². The maximum atomic E-state index is 11.6. The third-order valence-corrected chi connectivity index (χ3v) is 2.67. The van der Waals surface area contributed by atoms with E-state index >= 15 is 0 Å². The fourth-order valence-electron chi connectivity index (χ4n) is 1.64. The Morgan fingerprint density at radius 2 is 2.33 bits per heavy atom. The van der Waals surface area contributed by atoms with E-state index in [1.165, 1.54) is 6.20 Å². The Kier molecular flexibility index (Phi) is 2.50. The van der Waals surface area contributed by atoms with Crippen molar-refractivity contribution in [2.45, 2.75) is 12.5 Å². The highest BCUT2D eigenvalue weighted by Gasteiger charge is 2.29. The fourth-order valence-corrected chi connectivity index (χ4v) is 1.79. The van der Waals surface area contributed by atoms with Crippen LogP contribution < -0.4 is 16.4 Å². The molecule has 1 aliphatic rings. The molecule has 80 valence electrons. The van der Waals surface area contributed by atoms with Crippen molar-refractivity contribution in [2.75, 3.05) is 17.2 Å². The molecule has 4 N–H and O–H groups in total. The van der Waals surface area contributed by atoms with Crippen molar-refractivity contribution >= 4 is 28.9 Å². The van der Waals surface area contributed by atoms with Crippen LogP contribution in [0.5, 0.6) is 0 Å². The molecule has 6 heteroatoms. The fraction of sp³-hybridized carbons (Fsp3) is 0.333. The molecule has 0 radical (unpaired) electrons. The van der Waals surface area contributed by atoms with Crippen molar-refractivity contribution in [3.05, 3.63) is 17.4 Å². The number of hydrogen-bond donors (Lipinski definition) is 2. The molecule has 0 aliphatic carbocycles. The lowest BCUT2D eigenvalue weighted by atomic mass is 10.3. The van der Waals surface area contributed by atoms with Gasteiger partial charge in [-0.2, -0.15) is 0 Å². The van der Waals surface area contributed by atoms with Gasteiger partial charge < -0.3 is 16.4 Å². The molecule has 15 heavy (non-hydrogen) atoms. The second-order valence-electron chi connectivity index (χ2n) is 3.50. The summed E-state index contributed by atoms with van der Waals surface area (Å²) in [5, 5.41) is 0.209. The number of nitrogens with two attached hydrogens (primary N) is 2. The summed E-state index contributed by atoms with van der Waals surface area (Å²) in [5.41, 5.74) is 12.3. The molecular weight excluding hydrogens is 216 g/mol. The van der Waals surface area contributed by atoms with Gasteiger partial charge in [-0.1, -0.05) is 11.6 Å². The summed E-state index contributed by atoms with van der Waals surface area (Å²) >= 11 is 5.77. The van der Waals surface area contributed by atoms with Crippen LogP contribution in [-0.2, 0) is 4.79 Å². The summed E-state index contributed by atoms with van der Waals surface area (Å²) in [6.45, 7) is 0.476. The number of aromatic nitrogens is 1. The Morgan fingerprint density at radius 3 is 2.93 bits per heavy atom. The van der Waals surface area contributed by atoms with Gasteiger partial charge in [0, 0.05) is 25.2 Å². The number of rotatable bonds is 1. The smallest absolute Gasteiger partial charge is 0.228 e. The van der Waals surface area contributed by atoms with E-state index in [0.29, 0.717) is 24.3 Å². The largest absolute Gasteiger partial charge is 0.395 e. The van der Waals surface area contributed by atoms with Crippen molar-refractivity contribution in [3.8, 4) is 0 Å². The molecule has 0 spiro atoms. The third kappa shape index (κ3) is 1.75. The first-order valence-electron chi connectivity index (χ1n) is 4.55. The van der Waals surface area contributed by atoms with Crippen molar-refractivity contribution in [2.24, 2.45) is 5.73 Å². The first kappa shape index (κ1) is 10.2. The third-order valence-electron chi connectivity index (χ3n) is 2.36. The monoisotopic (exact) mass is 226 g/mol. The Balaban J connectivity index is 2.38. The average molecular weight is 227 g/mol. The molecule has 0 bridgehead atoms. The number of carbonyl (C=O) groups is 1. The number of carbonyl (C=O) groups excluding carboxylic acids is 1. The van der Waals surface area contributed by atoms with Crippen LogP contribution in [0.25, 0.3) is 0 Å². The molecule has 2 heterocycles. The van der Waals surface area contributed by atoms with Crippen LogP contribution in [0, 0.1) is 0 Å². The molecule has 0 aromatic carbocycles. The van der Waals surface area contributed by atoms with Gasteiger partial charge in [0.2, 0.25) is 5.91 Å².